The third kappa shape index (κ3) is 2.89. The molecule has 0 unspecified atom stereocenters. The molecule has 1 fully saturated rings. The van der Waals surface area contributed by atoms with Crippen LogP contribution < -0.4 is 14.4 Å². The highest BCUT2D eigenvalue weighted by atomic mass is 32.1. The Balaban J connectivity index is 1.93. The first kappa shape index (κ1) is 15.1. The van der Waals surface area contributed by atoms with E-state index in [2.05, 4.69) is 11.8 Å². The first-order chi connectivity index (χ1) is 10.7. The lowest BCUT2D eigenvalue weighted by Crippen LogP contribution is -2.36. The van der Waals surface area contributed by atoms with Crippen molar-refractivity contribution in [1.29, 1.82) is 0 Å². The van der Waals surface area contributed by atoms with Gasteiger partial charge in [0.15, 0.2) is 16.6 Å². The van der Waals surface area contributed by atoms with Gasteiger partial charge in [0.1, 0.15) is 0 Å². The normalized spacial score (nSPS) is 15.0. The molecule has 1 aliphatic heterocycles. The van der Waals surface area contributed by atoms with Crippen LogP contribution in [0.1, 0.15) is 4.88 Å². The van der Waals surface area contributed by atoms with Crippen LogP contribution in [0, 0.1) is 6.92 Å². The summed E-state index contributed by atoms with van der Waals surface area (Å²) in [4.78, 5) is 8.31. The maximum absolute atomic E-state index is 5.40. The topological polar surface area (TPSA) is 43.8 Å². The molecule has 0 N–H and O–H groups in total. The molecule has 0 bridgehead atoms. The van der Waals surface area contributed by atoms with E-state index < -0.39 is 0 Å². The lowest BCUT2D eigenvalue weighted by molar-refractivity contribution is 0.122. The molecule has 118 valence electrons. The van der Waals surface area contributed by atoms with Crippen molar-refractivity contribution in [3.63, 3.8) is 0 Å². The molecule has 1 saturated heterocycles. The molecule has 1 aromatic heterocycles. The first-order valence-electron chi connectivity index (χ1n) is 7.25. The summed E-state index contributed by atoms with van der Waals surface area (Å²) in [6, 6.07) is 5.91. The minimum atomic E-state index is 0.723. The van der Waals surface area contributed by atoms with Gasteiger partial charge in [0.05, 0.1) is 33.1 Å². The van der Waals surface area contributed by atoms with Crippen molar-refractivity contribution in [2.24, 2.45) is 0 Å². The minimum Gasteiger partial charge on any atom is -0.493 e. The number of anilines is 1. The molecule has 1 aliphatic rings. The van der Waals surface area contributed by atoms with E-state index in [1.165, 1.54) is 4.88 Å². The molecular weight excluding hydrogens is 300 g/mol. The van der Waals surface area contributed by atoms with Crippen LogP contribution in [-0.4, -0.2) is 45.5 Å². The van der Waals surface area contributed by atoms with Crippen LogP contribution in [0.25, 0.3) is 11.3 Å². The number of thiazole rings is 1. The molecular formula is C16H20N2O3S. The largest absolute Gasteiger partial charge is 0.493 e. The number of hydrogen-bond donors (Lipinski definition) is 0. The third-order valence-corrected chi connectivity index (χ3v) is 4.76. The number of benzene rings is 1. The predicted molar refractivity (Wildman–Crippen MR) is 88.4 cm³/mol. The highest BCUT2D eigenvalue weighted by Gasteiger charge is 2.18. The molecule has 5 nitrogen and oxygen atoms in total. The molecule has 0 atom stereocenters. The van der Waals surface area contributed by atoms with Crippen LogP contribution in [0.15, 0.2) is 18.2 Å². The van der Waals surface area contributed by atoms with Crippen LogP contribution in [-0.2, 0) is 4.74 Å². The molecule has 0 aliphatic carbocycles. The van der Waals surface area contributed by atoms with Gasteiger partial charge < -0.3 is 19.1 Å². The summed E-state index contributed by atoms with van der Waals surface area (Å²) in [6.45, 7) is 5.44. The Morgan fingerprint density at radius 2 is 1.86 bits per heavy atom. The quantitative estimate of drug-likeness (QED) is 0.866. The standard InChI is InChI=1S/C16H20N2O3S/c1-11-15(12-4-5-13(19-2)14(10-12)20-3)17-16(22-11)18-6-8-21-9-7-18/h4-5,10H,6-9H2,1-3H3. The first-order valence-corrected chi connectivity index (χ1v) is 8.07. The van der Waals surface area contributed by atoms with Crippen molar-refractivity contribution in [1.82, 2.24) is 4.98 Å². The molecule has 6 heteroatoms. The number of aromatic nitrogens is 1. The molecule has 0 spiro atoms. The molecule has 2 aromatic rings. The summed E-state index contributed by atoms with van der Waals surface area (Å²) in [5.41, 5.74) is 2.05. The summed E-state index contributed by atoms with van der Waals surface area (Å²) in [7, 11) is 3.29. The monoisotopic (exact) mass is 320 g/mol. The summed E-state index contributed by atoms with van der Waals surface area (Å²) in [5.74, 6) is 1.45. The van der Waals surface area contributed by atoms with Crippen molar-refractivity contribution in [2.75, 3.05) is 45.4 Å². The van der Waals surface area contributed by atoms with E-state index >= 15 is 0 Å². The minimum absolute atomic E-state index is 0.723. The predicted octanol–water partition coefficient (Wildman–Crippen LogP) is 2.97. The Bertz CT molecular complexity index is 651. The molecule has 22 heavy (non-hydrogen) atoms. The molecule has 0 saturated carbocycles. The Labute approximate surface area is 134 Å². The van der Waals surface area contributed by atoms with Gasteiger partial charge in [0, 0.05) is 23.5 Å². The Kier molecular flexibility index (Phi) is 4.49. The second-order valence-electron chi connectivity index (χ2n) is 5.07. The van der Waals surface area contributed by atoms with Crippen molar-refractivity contribution in [3.8, 4) is 22.8 Å². The zero-order valence-corrected chi connectivity index (χ0v) is 13.9. The maximum atomic E-state index is 5.40. The van der Waals surface area contributed by atoms with E-state index in [0.717, 1.165) is 54.2 Å². The number of aryl methyl sites for hydroxylation is 1. The summed E-state index contributed by atoms with van der Waals surface area (Å²) in [6.07, 6.45) is 0. The van der Waals surface area contributed by atoms with E-state index in [9.17, 15) is 0 Å². The smallest absolute Gasteiger partial charge is 0.186 e. The molecule has 1 aromatic carbocycles. The van der Waals surface area contributed by atoms with Gasteiger partial charge in [0.2, 0.25) is 0 Å². The highest BCUT2D eigenvalue weighted by Crippen LogP contribution is 2.37. The van der Waals surface area contributed by atoms with Crippen LogP contribution >= 0.6 is 11.3 Å². The number of ether oxygens (including phenoxy) is 3. The molecule has 2 heterocycles. The summed E-state index contributed by atoms with van der Waals surface area (Å²) < 4.78 is 16.1. The van der Waals surface area contributed by atoms with E-state index in [1.807, 2.05) is 18.2 Å². The van der Waals surface area contributed by atoms with Gasteiger partial charge in [-0.1, -0.05) is 0 Å². The third-order valence-electron chi connectivity index (χ3n) is 3.72. The van der Waals surface area contributed by atoms with Crippen LogP contribution in [0.5, 0.6) is 11.5 Å². The van der Waals surface area contributed by atoms with Gasteiger partial charge in [-0.3, -0.25) is 0 Å². The lowest BCUT2D eigenvalue weighted by Gasteiger charge is -2.26. The van der Waals surface area contributed by atoms with Gasteiger partial charge in [0.25, 0.3) is 0 Å². The van der Waals surface area contributed by atoms with Gasteiger partial charge >= 0.3 is 0 Å². The van der Waals surface area contributed by atoms with Crippen molar-refractivity contribution in [2.45, 2.75) is 6.92 Å². The fourth-order valence-corrected chi connectivity index (χ4v) is 3.51. The Morgan fingerprint density at radius 3 is 2.55 bits per heavy atom. The van der Waals surface area contributed by atoms with Crippen molar-refractivity contribution >= 4 is 16.5 Å². The Morgan fingerprint density at radius 1 is 1.14 bits per heavy atom. The van der Waals surface area contributed by atoms with E-state index in [1.54, 1.807) is 25.6 Å². The van der Waals surface area contributed by atoms with Gasteiger partial charge in [-0.25, -0.2) is 4.98 Å². The fraction of sp³-hybridized carbons (Fsp3) is 0.438. The van der Waals surface area contributed by atoms with Crippen LogP contribution in [0.3, 0.4) is 0 Å². The second kappa shape index (κ2) is 6.54. The number of hydrogen-bond acceptors (Lipinski definition) is 6. The highest BCUT2D eigenvalue weighted by molar-refractivity contribution is 7.16. The lowest BCUT2D eigenvalue weighted by atomic mass is 10.1. The Hall–Kier alpha value is -1.79. The summed E-state index contributed by atoms with van der Waals surface area (Å²) in [5, 5.41) is 1.06. The SMILES string of the molecule is COc1ccc(-c2nc(N3CCOCC3)sc2C)cc1OC. The maximum Gasteiger partial charge on any atom is 0.186 e. The van der Waals surface area contributed by atoms with Crippen molar-refractivity contribution < 1.29 is 14.2 Å². The summed E-state index contributed by atoms with van der Waals surface area (Å²) >= 11 is 1.73. The number of nitrogens with zero attached hydrogens (tertiary/aromatic N) is 2. The second-order valence-corrected chi connectivity index (χ2v) is 6.25. The van der Waals surface area contributed by atoms with E-state index in [0.29, 0.717) is 0 Å². The zero-order valence-electron chi connectivity index (χ0n) is 13.1. The number of methoxy groups -OCH3 is 2. The molecule has 0 amide bonds. The zero-order chi connectivity index (χ0) is 15.5. The number of morpholine rings is 1. The van der Waals surface area contributed by atoms with E-state index in [4.69, 9.17) is 19.2 Å². The van der Waals surface area contributed by atoms with Gasteiger partial charge in [-0.05, 0) is 25.1 Å². The van der Waals surface area contributed by atoms with Gasteiger partial charge in [-0.2, -0.15) is 0 Å². The van der Waals surface area contributed by atoms with Crippen LogP contribution in [0.2, 0.25) is 0 Å². The molecule has 0 radical (unpaired) electrons. The van der Waals surface area contributed by atoms with Crippen molar-refractivity contribution in [3.05, 3.63) is 23.1 Å². The van der Waals surface area contributed by atoms with Crippen LogP contribution in [0.4, 0.5) is 5.13 Å². The van der Waals surface area contributed by atoms with E-state index in [-0.39, 0.29) is 0 Å². The average Bonchev–Trinajstić information content (AvgIpc) is 2.97. The molecule has 3 rings (SSSR count). The van der Waals surface area contributed by atoms with Gasteiger partial charge in [-0.15, -0.1) is 11.3 Å². The fourth-order valence-electron chi connectivity index (χ4n) is 2.52. The average molecular weight is 320 g/mol. The number of rotatable bonds is 4.